The molecule has 1 saturated carbocycles. The molecule has 1 aromatic rings. The van der Waals surface area contributed by atoms with Crippen molar-refractivity contribution in [2.24, 2.45) is 5.92 Å². The molecule has 1 aliphatic carbocycles. The largest absolute Gasteiger partial charge is 0.492 e. The minimum absolute atomic E-state index is 0.135. The first-order chi connectivity index (χ1) is 10.2. The molecule has 3 rings (SSSR count). The van der Waals surface area contributed by atoms with E-state index in [9.17, 15) is 4.79 Å². The Kier molecular flexibility index (Phi) is 4.03. The lowest BCUT2D eigenvalue weighted by Gasteiger charge is -2.14. The summed E-state index contributed by atoms with van der Waals surface area (Å²) in [6, 6.07) is 5.54. The van der Waals surface area contributed by atoms with E-state index in [4.69, 9.17) is 14.2 Å². The molecule has 0 bridgehead atoms. The minimum Gasteiger partial charge on any atom is -0.492 e. The summed E-state index contributed by atoms with van der Waals surface area (Å²) >= 11 is 0. The van der Waals surface area contributed by atoms with Gasteiger partial charge in [-0.15, -0.1) is 0 Å². The topological polar surface area (TPSA) is 68.8 Å². The van der Waals surface area contributed by atoms with E-state index in [0.717, 1.165) is 5.75 Å². The summed E-state index contributed by atoms with van der Waals surface area (Å²) in [5.41, 5.74) is 0. The maximum Gasteiger partial charge on any atom is 0.315 e. The van der Waals surface area contributed by atoms with Crippen LogP contribution in [0.5, 0.6) is 17.2 Å². The highest BCUT2D eigenvalue weighted by atomic mass is 16.7. The smallest absolute Gasteiger partial charge is 0.315 e. The van der Waals surface area contributed by atoms with Crippen LogP contribution < -0.4 is 24.8 Å². The molecule has 1 aliphatic heterocycles. The summed E-state index contributed by atoms with van der Waals surface area (Å²) in [5.74, 6) is 2.78. The maximum absolute atomic E-state index is 11.6. The molecule has 1 unspecified atom stereocenters. The number of hydrogen-bond donors (Lipinski definition) is 2. The predicted octanol–water partition coefficient (Wildman–Crippen LogP) is 1.89. The van der Waals surface area contributed by atoms with E-state index in [2.05, 4.69) is 10.6 Å². The fourth-order valence-electron chi connectivity index (χ4n) is 2.27. The molecule has 21 heavy (non-hydrogen) atoms. The van der Waals surface area contributed by atoms with Crippen LogP contribution in [0.4, 0.5) is 4.79 Å². The van der Waals surface area contributed by atoms with Crippen molar-refractivity contribution in [3.05, 3.63) is 18.2 Å². The van der Waals surface area contributed by atoms with Gasteiger partial charge in [-0.05, 0) is 37.8 Å². The van der Waals surface area contributed by atoms with Gasteiger partial charge in [0.2, 0.25) is 6.79 Å². The van der Waals surface area contributed by atoms with Crippen LogP contribution in [0.2, 0.25) is 0 Å². The van der Waals surface area contributed by atoms with Crippen molar-refractivity contribution >= 4 is 6.03 Å². The molecule has 1 fully saturated rings. The third-order valence-corrected chi connectivity index (χ3v) is 3.69. The van der Waals surface area contributed by atoms with Crippen molar-refractivity contribution in [3.8, 4) is 17.2 Å². The van der Waals surface area contributed by atoms with Gasteiger partial charge in [-0.2, -0.15) is 0 Å². The number of carbonyl (C=O) groups excluding carboxylic acids is 1. The monoisotopic (exact) mass is 292 g/mol. The van der Waals surface area contributed by atoms with E-state index in [1.165, 1.54) is 12.8 Å². The van der Waals surface area contributed by atoms with Crippen molar-refractivity contribution in [1.82, 2.24) is 10.6 Å². The Balaban J connectivity index is 1.35. The Morgan fingerprint density at radius 3 is 3.00 bits per heavy atom. The van der Waals surface area contributed by atoms with Gasteiger partial charge < -0.3 is 24.8 Å². The van der Waals surface area contributed by atoms with Gasteiger partial charge in [-0.25, -0.2) is 4.79 Å². The van der Waals surface area contributed by atoms with Crippen LogP contribution in [0.1, 0.15) is 19.8 Å². The summed E-state index contributed by atoms with van der Waals surface area (Å²) in [4.78, 5) is 11.6. The SMILES string of the molecule is CC(NC(=O)NCCOc1ccc2c(c1)OCO2)C1CC1. The molecule has 6 nitrogen and oxygen atoms in total. The van der Waals surface area contributed by atoms with Gasteiger partial charge in [-0.1, -0.05) is 0 Å². The zero-order chi connectivity index (χ0) is 14.7. The Morgan fingerprint density at radius 2 is 2.19 bits per heavy atom. The second-order valence-corrected chi connectivity index (χ2v) is 5.39. The average molecular weight is 292 g/mol. The zero-order valence-electron chi connectivity index (χ0n) is 12.1. The van der Waals surface area contributed by atoms with Crippen molar-refractivity contribution in [1.29, 1.82) is 0 Å². The number of nitrogens with one attached hydrogen (secondary N) is 2. The lowest BCUT2D eigenvalue weighted by Crippen LogP contribution is -2.43. The molecule has 2 aliphatic rings. The highest BCUT2D eigenvalue weighted by molar-refractivity contribution is 5.74. The fraction of sp³-hybridized carbons (Fsp3) is 0.533. The molecule has 2 N–H and O–H groups in total. The highest BCUT2D eigenvalue weighted by Gasteiger charge is 2.28. The number of hydrogen-bond acceptors (Lipinski definition) is 4. The summed E-state index contributed by atoms with van der Waals surface area (Å²) in [7, 11) is 0. The number of amides is 2. The molecule has 2 amide bonds. The number of ether oxygens (including phenoxy) is 3. The Hall–Kier alpha value is -2.11. The first-order valence-electron chi connectivity index (χ1n) is 7.29. The molecule has 0 saturated heterocycles. The van der Waals surface area contributed by atoms with Crippen LogP contribution in [-0.4, -0.2) is 32.0 Å². The Labute approximate surface area is 123 Å². The van der Waals surface area contributed by atoms with Gasteiger partial charge in [0, 0.05) is 12.1 Å². The quantitative estimate of drug-likeness (QED) is 0.786. The third kappa shape index (κ3) is 3.71. The number of carbonyl (C=O) groups is 1. The summed E-state index contributed by atoms with van der Waals surface area (Å²) in [5, 5.41) is 5.72. The van der Waals surface area contributed by atoms with Crippen LogP contribution >= 0.6 is 0 Å². The number of rotatable bonds is 6. The predicted molar refractivity (Wildman–Crippen MR) is 76.8 cm³/mol. The minimum atomic E-state index is -0.135. The molecule has 0 radical (unpaired) electrons. The van der Waals surface area contributed by atoms with Crippen molar-refractivity contribution in [2.75, 3.05) is 19.9 Å². The van der Waals surface area contributed by atoms with E-state index in [1.54, 1.807) is 6.07 Å². The van der Waals surface area contributed by atoms with Crippen LogP contribution in [0.15, 0.2) is 18.2 Å². The lowest BCUT2D eigenvalue weighted by atomic mass is 10.2. The average Bonchev–Trinajstić information content (AvgIpc) is 3.22. The van der Waals surface area contributed by atoms with Gasteiger partial charge in [0.25, 0.3) is 0 Å². The van der Waals surface area contributed by atoms with Crippen molar-refractivity contribution in [2.45, 2.75) is 25.8 Å². The summed E-state index contributed by atoms with van der Waals surface area (Å²) in [6.45, 7) is 3.16. The lowest BCUT2D eigenvalue weighted by molar-refractivity contribution is 0.173. The van der Waals surface area contributed by atoms with Crippen LogP contribution in [0.25, 0.3) is 0 Å². The molecule has 1 heterocycles. The molecule has 0 aromatic heterocycles. The van der Waals surface area contributed by atoms with E-state index in [-0.39, 0.29) is 18.9 Å². The van der Waals surface area contributed by atoms with Crippen LogP contribution in [-0.2, 0) is 0 Å². The number of urea groups is 1. The number of benzene rings is 1. The Morgan fingerprint density at radius 1 is 1.38 bits per heavy atom. The summed E-state index contributed by atoms with van der Waals surface area (Å²) in [6.07, 6.45) is 2.43. The van der Waals surface area contributed by atoms with E-state index < -0.39 is 0 Å². The Bertz CT molecular complexity index is 516. The maximum atomic E-state index is 11.6. The molecule has 0 spiro atoms. The third-order valence-electron chi connectivity index (χ3n) is 3.69. The fourth-order valence-corrected chi connectivity index (χ4v) is 2.27. The van der Waals surface area contributed by atoms with Gasteiger partial charge in [0.05, 0.1) is 6.54 Å². The first-order valence-corrected chi connectivity index (χ1v) is 7.29. The highest BCUT2D eigenvalue weighted by Crippen LogP contribution is 2.35. The van der Waals surface area contributed by atoms with Gasteiger partial charge >= 0.3 is 6.03 Å². The van der Waals surface area contributed by atoms with Gasteiger partial charge in [-0.3, -0.25) is 0 Å². The molecule has 6 heteroatoms. The van der Waals surface area contributed by atoms with Crippen LogP contribution in [0, 0.1) is 5.92 Å². The van der Waals surface area contributed by atoms with Crippen molar-refractivity contribution < 1.29 is 19.0 Å². The molecule has 114 valence electrons. The van der Waals surface area contributed by atoms with Gasteiger partial charge in [0.1, 0.15) is 12.4 Å². The number of fused-ring (bicyclic) bond motifs is 1. The van der Waals surface area contributed by atoms with Gasteiger partial charge in [0.15, 0.2) is 11.5 Å². The second kappa shape index (κ2) is 6.11. The molecule has 1 atom stereocenters. The summed E-state index contributed by atoms with van der Waals surface area (Å²) < 4.78 is 16.1. The van der Waals surface area contributed by atoms with E-state index in [1.807, 2.05) is 19.1 Å². The first kappa shape index (κ1) is 13.9. The molecular formula is C15H20N2O4. The standard InChI is InChI=1S/C15H20N2O4/c1-10(11-2-3-11)17-15(18)16-6-7-19-12-4-5-13-14(8-12)21-9-20-13/h4-5,8,10-11H,2-3,6-7,9H2,1H3,(H2,16,17,18). The van der Waals surface area contributed by atoms with Crippen LogP contribution in [0.3, 0.4) is 0 Å². The van der Waals surface area contributed by atoms with E-state index >= 15 is 0 Å². The van der Waals surface area contributed by atoms with Crippen molar-refractivity contribution in [3.63, 3.8) is 0 Å². The second-order valence-electron chi connectivity index (χ2n) is 5.39. The molecular weight excluding hydrogens is 272 g/mol. The zero-order valence-corrected chi connectivity index (χ0v) is 12.1. The normalized spacial score (nSPS) is 17.2. The van der Waals surface area contributed by atoms with E-state index in [0.29, 0.717) is 30.6 Å². The molecule has 1 aromatic carbocycles.